The molecule has 3 rings (SSSR count). The molecule has 0 saturated heterocycles. The van der Waals surface area contributed by atoms with E-state index in [-0.39, 0.29) is 0 Å². The molecule has 1 fully saturated rings. The number of imidazole rings is 1. The summed E-state index contributed by atoms with van der Waals surface area (Å²) < 4.78 is 2.95. The highest BCUT2D eigenvalue weighted by molar-refractivity contribution is 9.10. The van der Waals surface area contributed by atoms with Gasteiger partial charge in [-0.3, -0.25) is 4.40 Å². The third-order valence-electron chi connectivity index (χ3n) is 3.95. The summed E-state index contributed by atoms with van der Waals surface area (Å²) in [6.45, 7) is 0. The van der Waals surface area contributed by atoms with Crippen LogP contribution in [0.4, 0.5) is 0 Å². The Balaban J connectivity index is 2.01. The molecular weight excluding hydrogens is 292 g/mol. The van der Waals surface area contributed by atoms with Crippen LogP contribution in [0.5, 0.6) is 0 Å². The molecule has 4 heteroatoms. The molecule has 2 aromatic rings. The van der Waals surface area contributed by atoms with Crippen LogP contribution in [0.1, 0.15) is 43.9 Å². The molecule has 1 aliphatic rings. The lowest BCUT2D eigenvalue weighted by molar-refractivity contribution is 0.0795. The summed E-state index contributed by atoms with van der Waals surface area (Å²) in [4.78, 5) is 4.16. The number of nitrogens with zero attached hydrogens (tertiary/aromatic N) is 2. The Bertz CT molecular complexity index is 546. The van der Waals surface area contributed by atoms with Gasteiger partial charge in [-0.25, -0.2) is 4.98 Å². The normalized spacial score (nSPS) is 19.2. The van der Waals surface area contributed by atoms with Gasteiger partial charge in [-0.05, 0) is 46.8 Å². The molecular formula is C14H17BrN2O. The summed E-state index contributed by atoms with van der Waals surface area (Å²) in [6, 6.07) is 4.01. The van der Waals surface area contributed by atoms with Crippen molar-refractivity contribution in [3.05, 3.63) is 34.8 Å². The molecule has 1 atom stereocenters. The molecule has 2 aromatic heterocycles. The first-order valence-electron chi connectivity index (χ1n) is 6.56. The van der Waals surface area contributed by atoms with Gasteiger partial charge in [-0.2, -0.15) is 0 Å². The smallest absolute Gasteiger partial charge is 0.0995 e. The summed E-state index contributed by atoms with van der Waals surface area (Å²) >= 11 is 3.56. The number of rotatable bonds is 2. The third kappa shape index (κ3) is 2.08. The summed E-state index contributed by atoms with van der Waals surface area (Å²) in [7, 11) is 0. The number of hydrogen-bond acceptors (Lipinski definition) is 2. The Morgan fingerprint density at radius 1 is 1.28 bits per heavy atom. The first kappa shape index (κ1) is 12.2. The van der Waals surface area contributed by atoms with Crippen LogP contribution in [0.2, 0.25) is 0 Å². The van der Waals surface area contributed by atoms with Gasteiger partial charge < -0.3 is 5.11 Å². The lowest BCUT2D eigenvalue weighted by atomic mass is 9.84. The molecule has 1 N–H and O–H groups in total. The number of hydrogen-bond donors (Lipinski definition) is 1. The fourth-order valence-corrected chi connectivity index (χ4v) is 3.50. The van der Waals surface area contributed by atoms with Crippen molar-refractivity contribution in [3.63, 3.8) is 0 Å². The first-order chi connectivity index (χ1) is 8.77. The lowest BCUT2D eigenvalue weighted by Crippen LogP contribution is -2.18. The first-order valence-corrected chi connectivity index (χ1v) is 7.35. The largest absolute Gasteiger partial charge is 0.387 e. The van der Waals surface area contributed by atoms with E-state index in [1.54, 1.807) is 6.33 Å². The van der Waals surface area contributed by atoms with Crippen molar-refractivity contribution in [3.8, 4) is 0 Å². The predicted molar refractivity (Wildman–Crippen MR) is 74.4 cm³/mol. The molecule has 1 saturated carbocycles. The second-order valence-corrected chi connectivity index (χ2v) is 5.95. The quantitative estimate of drug-likeness (QED) is 0.918. The molecule has 0 amide bonds. The van der Waals surface area contributed by atoms with Crippen LogP contribution in [0.25, 0.3) is 5.52 Å². The van der Waals surface area contributed by atoms with E-state index in [0.29, 0.717) is 5.92 Å². The van der Waals surface area contributed by atoms with Crippen LogP contribution in [0.15, 0.2) is 29.1 Å². The van der Waals surface area contributed by atoms with Crippen molar-refractivity contribution >= 4 is 21.4 Å². The lowest BCUT2D eigenvalue weighted by Gasteiger charge is -2.27. The minimum absolute atomic E-state index is 0.378. The molecule has 2 heterocycles. The molecule has 18 heavy (non-hydrogen) atoms. The zero-order valence-corrected chi connectivity index (χ0v) is 11.8. The zero-order valence-electron chi connectivity index (χ0n) is 10.2. The second kappa shape index (κ2) is 5.02. The monoisotopic (exact) mass is 308 g/mol. The molecule has 0 aliphatic heterocycles. The Morgan fingerprint density at radius 2 is 2.06 bits per heavy atom. The summed E-state index contributed by atoms with van der Waals surface area (Å²) in [5.41, 5.74) is 1.97. The van der Waals surface area contributed by atoms with Crippen molar-refractivity contribution in [2.75, 3.05) is 0 Å². The second-order valence-electron chi connectivity index (χ2n) is 5.10. The van der Waals surface area contributed by atoms with E-state index in [0.717, 1.165) is 28.5 Å². The fraction of sp³-hybridized carbons (Fsp3) is 0.500. The Labute approximate surface area is 115 Å². The molecule has 0 spiro atoms. The standard InChI is InChI=1S/C14H17BrN2O/c15-12-7-6-11-8-16-9-17(11)13(12)14(18)10-4-2-1-3-5-10/h6-10,14,18H,1-5H2. The molecule has 0 bridgehead atoms. The maximum Gasteiger partial charge on any atom is 0.0995 e. The molecule has 1 aliphatic carbocycles. The van der Waals surface area contributed by atoms with Gasteiger partial charge in [0.05, 0.1) is 29.8 Å². The molecule has 0 radical (unpaired) electrons. The number of aliphatic hydroxyl groups excluding tert-OH is 1. The van der Waals surface area contributed by atoms with Crippen molar-refractivity contribution in [2.45, 2.75) is 38.2 Å². The maximum absolute atomic E-state index is 10.7. The van der Waals surface area contributed by atoms with E-state index in [1.165, 1.54) is 19.3 Å². The van der Waals surface area contributed by atoms with Crippen LogP contribution in [-0.4, -0.2) is 14.5 Å². The Morgan fingerprint density at radius 3 is 2.83 bits per heavy atom. The fourth-order valence-electron chi connectivity index (χ4n) is 2.95. The Kier molecular flexibility index (Phi) is 3.39. The number of halogens is 1. The average molecular weight is 309 g/mol. The highest BCUT2D eigenvalue weighted by Gasteiger charge is 2.26. The topological polar surface area (TPSA) is 37.5 Å². The van der Waals surface area contributed by atoms with Gasteiger partial charge >= 0.3 is 0 Å². The highest BCUT2D eigenvalue weighted by atomic mass is 79.9. The molecule has 1 unspecified atom stereocenters. The number of pyridine rings is 1. The van der Waals surface area contributed by atoms with E-state index in [4.69, 9.17) is 0 Å². The van der Waals surface area contributed by atoms with E-state index in [1.807, 2.05) is 22.7 Å². The zero-order chi connectivity index (χ0) is 12.5. The van der Waals surface area contributed by atoms with Crippen molar-refractivity contribution in [2.24, 2.45) is 5.92 Å². The summed E-state index contributed by atoms with van der Waals surface area (Å²) in [5.74, 6) is 0.378. The number of aliphatic hydroxyl groups is 1. The SMILES string of the molecule is OC(c1c(Br)ccc2cncn12)C1CCCCC1. The maximum atomic E-state index is 10.7. The van der Waals surface area contributed by atoms with Crippen molar-refractivity contribution in [1.29, 1.82) is 0 Å². The van der Waals surface area contributed by atoms with Crippen LogP contribution >= 0.6 is 15.9 Å². The third-order valence-corrected chi connectivity index (χ3v) is 4.62. The molecule has 0 aromatic carbocycles. The number of fused-ring (bicyclic) bond motifs is 1. The van der Waals surface area contributed by atoms with Gasteiger partial charge in [0.1, 0.15) is 0 Å². The predicted octanol–water partition coefficient (Wildman–Crippen LogP) is 3.71. The van der Waals surface area contributed by atoms with Crippen molar-refractivity contribution in [1.82, 2.24) is 9.38 Å². The van der Waals surface area contributed by atoms with Gasteiger partial charge in [0.25, 0.3) is 0 Å². The van der Waals surface area contributed by atoms with Gasteiger partial charge in [-0.1, -0.05) is 19.3 Å². The summed E-state index contributed by atoms with van der Waals surface area (Å²) in [5, 5.41) is 10.7. The Hall–Kier alpha value is -0.870. The highest BCUT2D eigenvalue weighted by Crippen LogP contribution is 2.37. The minimum atomic E-state index is -0.405. The van der Waals surface area contributed by atoms with Gasteiger partial charge in [0.2, 0.25) is 0 Å². The van der Waals surface area contributed by atoms with Crippen molar-refractivity contribution < 1.29 is 5.11 Å². The van der Waals surface area contributed by atoms with E-state index >= 15 is 0 Å². The minimum Gasteiger partial charge on any atom is -0.387 e. The van der Waals surface area contributed by atoms with Crippen LogP contribution in [-0.2, 0) is 0 Å². The summed E-state index contributed by atoms with van der Waals surface area (Å²) in [6.07, 6.45) is 9.22. The average Bonchev–Trinajstić information content (AvgIpc) is 2.87. The van der Waals surface area contributed by atoms with Crippen LogP contribution in [0, 0.1) is 5.92 Å². The molecule has 96 valence electrons. The number of aromatic nitrogens is 2. The van der Waals surface area contributed by atoms with E-state index < -0.39 is 6.10 Å². The molecule has 3 nitrogen and oxygen atoms in total. The van der Waals surface area contributed by atoms with E-state index in [9.17, 15) is 5.11 Å². The van der Waals surface area contributed by atoms with Gasteiger partial charge in [0, 0.05) is 4.47 Å². The van der Waals surface area contributed by atoms with Gasteiger partial charge in [-0.15, -0.1) is 0 Å². The van der Waals surface area contributed by atoms with Gasteiger partial charge in [0.15, 0.2) is 0 Å². The van der Waals surface area contributed by atoms with Crippen LogP contribution in [0.3, 0.4) is 0 Å². The van der Waals surface area contributed by atoms with Crippen LogP contribution < -0.4 is 0 Å². The van der Waals surface area contributed by atoms with E-state index in [2.05, 4.69) is 20.9 Å².